The molecule has 7 heteroatoms. The van der Waals surface area contributed by atoms with Gasteiger partial charge in [0.1, 0.15) is 0 Å². The van der Waals surface area contributed by atoms with Crippen molar-refractivity contribution in [2.24, 2.45) is 0 Å². The summed E-state index contributed by atoms with van der Waals surface area (Å²) in [6.07, 6.45) is 0. The highest BCUT2D eigenvalue weighted by Crippen LogP contribution is 2.09. The van der Waals surface area contributed by atoms with Gasteiger partial charge >= 0.3 is 6.03 Å². The lowest BCUT2D eigenvalue weighted by molar-refractivity contribution is 0.0943. The van der Waals surface area contributed by atoms with E-state index in [4.69, 9.17) is 0 Å². The van der Waals surface area contributed by atoms with Crippen LogP contribution in [0.1, 0.15) is 10.4 Å². The SMILES string of the molecule is O=C(NCCN1CCN(C(=O)Nc2ccccc2)CC1)c1ccsc1. The highest BCUT2D eigenvalue weighted by Gasteiger charge is 2.20. The zero-order valence-corrected chi connectivity index (χ0v) is 14.8. The van der Waals surface area contributed by atoms with Crippen LogP contribution in [0.25, 0.3) is 0 Å². The predicted molar refractivity (Wildman–Crippen MR) is 100 cm³/mol. The number of hydrogen-bond acceptors (Lipinski definition) is 4. The Morgan fingerprint density at radius 2 is 1.80 bits per heavy atom. The van der Waals surface area contributed by atoms with Crippen LogP contribution in [0.2, 0.25) is 0 Å². The van der Waals surface area contributed by atoms with E-state index in [1.54, 1.807) is 0 Å². The zero-order valence-electron chi connectivity index (χ0n) is 14.0. The number of rotatable bonds is 5. The van der Waals surface area contributed by atoms with Crippen LogP contribution in [-0.4, -0.2) is 61.0 Å². The van der Waals surface area contributed by atoms with Crippen molar-refractivity contribution in [2.45, 2.75) is 0 Å². The Bertz CT molecular complexity index is 682. The van der Waals surface area contributed by atoms with Gasteiger partial charge in [0.2, 0.25) is 0 Å². The van der Waals surface area contributed by atoms with Gasteiger partial charge in [-0.25, -0.2) is 4.79 Å². The molecule has 6 nitrogen and oxygen atoms in total. The second kappa shape index (κ2) is 8.64. The second-order valence-corrected chi connectivity index (χ2v) is 6.67. The number of carbonyl (C=O) groups is 2. The molecule has 25 heavy (non-hydrogen) atoms. The standard InChI is InChI=1S/C18H22N4O2S/c23-17(15-6-13-25-14-15)19-7-8-21-9-11-22(12-10-21)18(24)20-16-4-2-1-3-5-16/h1-6,13-14H,7-12H2,(H,19,23)(H,20,24). The topological polar surface area (TPSA) is 64.7 Å². The number of benzene rings is 1. The summed E-state index contributed by atoms with van der Waals surface area (Å²) in [7, 11) is 0. The minimum Gasteiger partial charge on any atom is -0.351 e. The largest absolute Gasteiger partial charge is 0.351 e. The number of nitrogens with zero attached hydrogens (tertiary/aromatic N) is 2. The van der Waals surface area contributed by atoms with Crippen molar-refractivity contribution in [2.75, 3.05) is 44.6 Å². The maximum absolute atomic E-state index is 12.2. The van der Waals surface area contributed by atoms with E-state index in [-0.39, 0.29) is 11.9 Å². The van der Waals surface area contributed by atoms with E-state index in [2.05, 4.69) is 15.5 Å². The third kappa shape index (κ3) is 5.04. The van der Waals surface area contributed by atoms with E-state index >= 15 is 0 Å². The summed E-state index contributed by atoms with van der Waals surface area (Å²) in [5.41, 5.74) is 1.53. The molecule has 0 unspecified atom stereocenters. The Labute approximate surface area is 151 Å². The minimum atomic E-state index is -0.0587. The van der Waals surface area contributed by atoms with Gasteiger partial charge in [-0.3, -0.25) is 9.69 Å². The summed E-state index contributed by atoms with van der Waals surface area (Å²) in [6.45, 7) is 4.43. The highest BCUT2D eigenvalue weighted by molar-refractivity contribution is 7.08. The molecule has 0 aliphatic carbocycles. The van der Waals surface area contributed by atoms with Crippen LogP contribution in [0.15, 0.2) is 47.2 Å². The summed E-state index contributed by atoms with van der Waals surface area (Å²) < 4.78 is 0. The number of carbonyl (C=O) groups excluding carboxylic acids is 2. The molecule has 2 aromatic rings. The molecule has 0 radical (unpaired) electrons. The third-order valence-electron chi connectivity index (χ3n) is 4.18. The van der Waals surface area contributed by atoms with Crippen LogP contribution in [0.4, 0.5) is 10.5 Å². The first-order valence-corrected chi connectivity index (χ1v) is 9.30. The fraction of sp³-hybridized carbons (Fsp3) is 0.333. The van der Waals surface area contributed by atoms with E-state index in [0.29, 0.717) is 25.2 Å². The summed E-state index contributed by atoms with van der Waals surface area (Å²) in [5.74, 6) is -0.0258. The number of nitrogens with one attached hydrogen (secondary N) is 2. The highest BCUT2D eigenvalue weighted by atomic mass is 32.1. The number of urea groups is 1. The van der Waals surface area contributed by atoms with Gasteiger partial charge in [-0.15, -0.1) is 0 Å². The zero-order chi connectivity index (χ0) is 17.5. The van der Waals surface area contributed by atoms with E-state index < -0.39 is 0 Å². The molecule has 2 N–H and O–H groups in total. The average molecular weight is 358 g/mol. The molecule has 1 aromatic heterocycles. The number of piperazine rings is 1. The molecule has 3 amide bonds. The number of para-hydroxylation sites is 1. The van der Waals surface area contributed by atoms with Crippen LogP contribution >= 0.6 is 11.3 Å². The summed E-state index contributed by atoms with van der Waals surface area (Å²) in [5, 5.41) is 9.59. The van der Waals surface area contributed by atoms with E-state index in [1.165, 1.54) is 11.3 Å². The second-order valence-electron chi connectivity index (χ2n) is 5.89. The minimum absolute atomic E-state index is 0.0258. The van der Waals surface area contributed by atoms with Crippen LogP contribution in [-0.2, 0) is 0 Å². The molecule has 3 rings (SSSR count). The Kier molecular flexibility index (Phi) is 6.03. The van der Waals surface area contributed by atoms with Crippen LogP contribution in [0.5, 0.6) is 0 Å². The molecule has 1 aliphatic heterocycles. The molecule has 1 saturated heterocycles. The molecule has 1 aromatic carbocycles. The number of hydrogen-bond donors (Lipinski definition) is 2. The first kappa shape index (κ1) is 17.4. The van der Waals surface area contributed by atoms with Crippen molar-refractivity contribution in [3.63, 3.8) is 0 Å². The predicted octanol–water partition coefficient (Wildman–Crippen LogP) is 2.33. The smallest absolute Gasteiger partial charge is 0.321 e. The summed E-state index contributed by atoms with van der Waals surface area (Å²) >= 11 is 1.52. The van der Waals surface area contributed by atoms with Crippen LogP contribution < -0.4 is 10.6 Å². The van der Waals surface area contributed by atoms with Gasteiger partial charge in [0.15, 0.2) is 0 Å². The average Bonchev–Trinajstić information content (AvgIpc) is 3.18. The van der Waals surface area contributed by atoms with Gasteiger partial charge in [-0.2, -0.15) is 11.3 Å². The normalized spacial score (nSPS) is 15.0. The first-order chi connectivity index (χ1) is 12.2. The lowest BCUT2D eigenvalue weighted by Crippen LogP contribution is -2.51. The van der Waals surface area contributed by atoms with E-state index in [1.807, 2.05) is 52.1 Å². The van der Waals surface area contributed by atoms with Crippen molar-refractivity contribution in [3.8, 4) is 0 Å². The summed E-state index contributed by atoms with van der Waals surface area (Å²) in [6, 6.07) is 11.2. The van der Waals surface area contributed by atoms with Gasteiger partial charge in [0, 0.05) is 55.9 Å². The number of anilines is 1. The Morgan fingerprint density at radius 3 is 2.48 bits per heavy atom. The molecule has 1 fully saturated rings. The fourth-order valence-corrected chi connectivity index (χ4v) is 3.36. The van der Waals surface area contributed by atoms with Crippen molar-refractivity contribution in [1.82, 2.24) is 15.1 Å². The molecular weight excluding hydrogens is 336 g/mol. The van der Waals surface area contributed by atoms with Crippen molar-refractivity contribution >= 4 is 29.0 Å². The Hall–Kier alpha value is -2.38. The lowest BCUT2D eigenvalue weighted by Gasteiger charge is -2.34. The molecule has 2 heterocycles. The molecule has 132 valence electrons. The molecule has 0 spiro atoms. The molecule has 0 saturated carbocycles. The third-order valence-corrected chi connectivity index (χ3v) is 4.86. The lowest BCUT2D eigenvalue weighted by atomic mass is 10.3. The van der Waals surface area contributed by atoms with E-state index in [0.717, 1.165) is 25.3 Å². The molecular formula is C18H22N4O2S. The fourth-order valence-electron chi connectivity index (χ4n) is 2.72. The van der Waals surface area contributed by atoms with Gasteiger partial charge < -0.3 is 15.5 Å². The quantitative estimate of drug-likeness (QED) is 0.862. The Morgan fingerprint density at radius 1 is 1.04 bits per heavy atom. The maximum Gasteiger partial charge on any atom is 0.321 e. The summed E-state index contributed by atoms with van der Waals surface area (Å²) in [4.78, 5) is 28.2. The van der Waals surface area contributed by atoms with Crippen molar-refractivity contribution < 1.29 is 9.59 Å². The van der Waals surface area contributed by atoms with Gasteiger partial charge in [-0.1, -0.05) is 18.2 Å². The maximum atomic E-state index is 12.2. The van der Waals surface area contributed by atoms with Gasteiger partial charge in [0.05, 0.1) is 0 Å². The number of thiophene rings is 1. The molecule has 1 aliphatic rings. The monoisotopic (exact) mass is 358 g/mol. The van der Waals surface area contributed by atoms with Gasteiger partial charge in [0.25, 0.3) is 5.91 Å². The molecule has 0 atom stereocenters. The van der Waals surface area contributed by atoms with Crippen molar-refractivity contribution in [3.05, 3.63) is 52.7 Å². The number of amides is 3. The first-order valence-electron chi connectivity index (χ1n) is 8.36. The molecule has 0 bridgehead atoms. The van der Waals surface area contributed by atoms with E-state index in [9.17, 15) is 9.59 Å². The Balaban J connectivity index is 1.35. The van der Waals surface area contributed by atoms with Gasteiger partial charge in [-0.05, 0) is 23.6 Å². The van der Waals surface area contributed by atoms with Crippen LogP contribution in [0.3, 0.4) is 0 Å². The van der Waals surface area contributed by atoms with Crippen molar-refractivity contribution in [1.29, 1.82) is 0 Å². The van der Waals surface area contributed by atoms with Crippen LogP contribution in [0, 0.1) is 0 Å².